The van der Waals surface area contributed by atoms with Crippen molar-refractivity contribution in [1.82, 2.24) is 5.32 Å². The molecule has 0 fully saturated rings. The van der Waals surface area contributed by atoms with Crippen molar-refractivity contribution >= 4 is 35.3 Å². The molecule has 0 saturated carbocycles. The summed E-state index contributed by atoms with van der Waals surface area (Å²) < 4.78 is 0. The molecule has 0 radical (unpaired) electrons. The standard InChI is InChI=1S/C17H16Cl2N2O2/c18-15-5-1-13(2-6-15)9-10-20-17(22)12-23-21-11-14-3-7-16(19)8-4-14/h1-8,11H,9-10,12H2,(H,20,22)/b21-11+. The number of nitrogens with zero attached hydrogens (tertiary/aromatic N) is 1. The fourth-order valence-corrected chi connectivity index (χ4v) is 2.04. The van der Waals surface area contributed by atoms with Crippen LogP contribution in [0.1, 0.15) is 11.1 Å². The summed E-state index contributed by atoms with van der Waals surface area (Å²) >= 11 is 11.6. The first-order chi connectivity index (χ1) is 11.1. The number of nitrogens with one attached hydrogen (secondary N) is 1. The van der Waals surface area contributed by atoms with E-state index in [1.54, 1.807) is 24.3 Å². The van der Waals surface area contributed by atoms with Gasteiger partial charge in [-0.15, -0.1) is 0 Å². The van der Waals surface area contributed by atoms with Crippen molar-refractivity contribution in [3.05, 3.63) is 69.7 Å². The zero-order valence-electron chi connectivity index (χ0n) is 12.3. The van der Waals surface area contributed by atoms with Crippen molar-refractivity contribution in [2.75, 3.05) is 13.2 Å². The van der Waals surface area contributed by atoms with E-state index in [0.29, 0.717) is 16.6 Å². The molecule has 2 aromatic carbocycles. The van der Waals surface area contributed by atoms with E-state index in [1.165, 1.54) is 6.21 Å². The molecule has 0 aliphatic rings. The Kier molecular flexibility index (Phi) is 6.91. The summed E-state index contributed by atoms with van der Waals surface area (Å²) in [5.74, 6) is -0.216. The van der Waals surface area contributed by atoms with Crippen LogP contribution in [0.4, 0.5) is 0 Å². The molecular weight excluding hydrogens is 335 g/mol. The molecule has 2 aromatic rings. The molecule has 0 aromatic heterocycles. The summed E-state index contributed by atoms with van der Waals surface area (Å²) in [5.41, 5.74) is 1.95. The van der Waals surface area contributed by atoms with E-state index < -0.39 is 0 Å². The van der Waals surface area contributed by atoms with Gasteiger partial charge in [-0.05, 0) is 41.8 Å². The molecule has 4 nitrogen and oxygen atoms in total. The minimum Gasteiger partial charge on any atom is -0.386 e. The average molecular weight is 351 g/mol. The Bertz CT molecular complexity index is 655. The van der Waals surface area contributed by atoms with Crippen molar-refractivity contribution in [2.24, 2.45) is 5.16 Å². The molecule has 0 atom stereocenters. The molecule has 0 heterocycles. The van der Waals surface area contributed by atoms with E-state index in [0.717, 1.165) is 17.5 Å². The Balaban J connectivity index is 1.63. The van der Waals surface area contributed by atoms with Gasteiger partial charge >= 0.3 is 0 Å². The van der Waals surface area contributed by atoms with Crippen molar-refractivity contribution in [2.45, 2.75) is 6.42 Å². The Morgan fingerprint density at radius 2 is 1.65 bits per heavy atom. The van der Waals surface area contributed by atoms with Crippen LogP contribution in [0, 0.1) is 0 Å². The van der Waals surface area contributed by atoms with Crippen molar-refractivity contribution in [3.8, 4) is 0 Å². The van der Waals surface area contributed by atoms with Gasteiger partial charge in [-0.3, -0.25) is 4.79 Å². The third kappa shape index (κ3) is 6.72. The lowest BCUT2D eigenvalue weighted by Crippen LogP contribution is -2.28. The van der Waals surface area contributed by atoms with Crippen LogP contribution in [0.5, 0.6) is 0 Å². The molecule has 0 unspecified atom stereocenters. The Morgan fingerprint density at radius 3 is 2.30 bits per heavy atom. The molecule has 6 heteroatoms. The second-order valence-electron chi connectivity index (χ2n) is 4.79. The summed E-state index contributed by atoms with van der Waals surface area (Å²) in [6, 6.07) is 14.6. The van der Waals surface area contributed by atoms with Gasteiger partial charge in [0.15, 0.2) is 6.61 Å². The number of oxime groups is 1. The lowest BCUT2D eigenvalue weighted by Gasteiger charge is -2.04. The number of halogens is 2. The van der Waals surface area contributed by atoms with E-state index in [2.05, 4.69) is 10.5 Å². The van der Waals surface area contributed by atoms with Crippen LogP contribution in [0.2, 0.25) is 10.0 Å². The van der Waals surface area contributed by atoms with Gasteiger partial charge in [-0.25, -0.2) is 0 Å². The molecule has 120 valence electrons. The first-order valence-corrected chi connectivity index (χ1v) is 7.81. The molecule has 23 heavy (non-hydrogen) atoms. The van der Waals surface area contributed by atoms with Crippen LogP contribution in [0.15, 0.2) is 53.7 Å². The third-order valence-corrected chi connectivity index (χ3v) is 3.50. The van der Waals surface area contributed by atoms with Crippen molar-refractivity contribution in [3.63, 3.8) is 0 Å². The van der Waals surface area contributed by atoms with Crippen LogP contribution >= 0.6 is 23.2 Å². The number of hydrogen-bond donors (Lipinski definition) is 1. The van der Waals surface area contributed by atoms with Crippen molar-refractivity contribution in [1.29, 1.82) is 0 Å². The fraction of sp³-hybridized carbons (Fsp3) is 0.176. The number of amides is 1. The molecule has 0 spiro atoms. The highest BCUT2D eigenvalue weighted by molar-refractivity contribution is 6.30. The van der Waals surface area contributed by atoms with E-state index in [1.807, 2.05) is 24.3 Å². The Labute approximate surface area is 145 Å². The first-order valence-electron chi connectivity index (χ1n) is 7.05. The van der Waals surface area contributed by atoms with Crippen LogP contribution in [0.25, 0.3) is 0 Å². The van der Waals surface area contributed by atoms with Gasteiger partial charge in [0.25, 0.3) is 5.91 Å². The molecular formula is C17H16Cl2N2O2. The highest BCUT2D eigenvalue weighted by atomic mass is 35.5. The Morgan fingerprint density at radius 1 is 1.04 bits per heavy atom. The van der Waals surface area contributed by atoms with Crippen LogP contribution in [0.3, 0.4) is 0 Å². The monoisotopic (exact) mass is 350 g/mol. The van der Waals surface area contributed by atoms with Crippen LogP contribution < -0.4 is 5.32 Å². The predicted molar refractivity (Wildman–Crippen MR) is 93.2 cm³/mol. The highest BCUT2D eigenvalue weighted by Crippen LogP contribution is 2.09. The van der Waals surface area contributed by atoms with Crippen LogP contribution in [-0.4, -0.2) is 25.3 Å². The zero-order chi connectivity index (χ0) is 16.5. The van der Waals surface area contributed by atoms with Gasteiger partial charge in [0, 0.05) is 16.6 Å². The molecule has 0 aliphatic carbocycles. The molecule has 2 rings (SSSR count). The van der Waals surface area contributed by atoms with E-state index in [9.17, 15) is 4.79 Å². The molecule has 1 N–H and O–H groups in total. The largest absolute Gasteiger partial charge is 0.386 e. The fourth-order valence-electron chi connectivity index (χ4n) is 1.79. The molecule has 0 aliphatic heterocycles. The van der Waals surface area contributed by atoms with E-state index >= 15 is 0 Å². The SMILES string of the molecule is O=C(CO/N=C/c1ccc(Cl)cc1)NCCc1ccc(Cl)cc1. The number of rotatable bonds is 7. The minimum absolute atomic E-state index is 0.120. The highest BCUT2D eigenvalue weighted by Gasteiger charge is 2.01. The number of carbonyl (C=O) groups is 1. The third-order valence-electron chi connectivity index (χ3n) is 2.99. The van der Waals surface area contributed by atoms with E-state index in [-0.39, 0.29) is 12.5 Å². The second-order valence-corrected chi connectivity index (χ2v) is 5.66. The molecule has 0 saturated heterocycles. The summed E-state index contributed by atoms with van der Waals surface area (Å²) in [6.07, 6.45) is 2.26. The van der Waals surface area contributed by atoms with Gasteiger partial charge < -0.3 is 10.2 Å². The van der Waals surface area contributed by atoms with Gasteiger partial charge in [-0.1, -0.05) is 52.6 Å². The van der Waals surface area contributed by atoms with Gasteiger partial charge in [-0.2, -0.15) is 0 Å². The van der Waals surface area contributed by atoms with Gasteiger partial charge in [0.2, 0.25) is 0 Å². The van der Waals surface area contributed by atoms with Gasteiger partial charge in [0.1, 0.15) is 0 Å². The average Bonchev–Trinajstić information content (AvgIpc) is 2.55. The summed E-state index contributed by atoms with van der Waals surface area (Å²) in [6.45, 7) is 0.412. The lowest BCUT2D eigenvalue weighted by atomic mass is 10.1. The number of benzene rings is 2. The van der Waals surface area contributed by atoms with E-state index in [4.69, 9.17) is 28.0 Å². The topological polar surface area (TPSA) is 50.7 Å². The molecule has 1 amide bonds. The van der Waals surface area contributed by atoms with Gasteiger partial charge in [0.05, 0.1) is 6.21 Å². The normalized spacial score (nSPS) is 10.7. The zero-order valence-corrected chi connectivity index (χ0v) is 13.8. The summed E-state index contributed by atoms with van der Waals surface area (Å²) in [5, 5.41) is 7.86. The second kappa shape index (κ2) is 9.18. The summed E-state index contributed by atoms with van der Waals surface area (Å²) in [7, 11) is 0. The Hall–Kier alpha value is -2.04. The lowest BCUT2D eigenvalue weighted by molar-refractivity contribution is -0.125. The first kappa shape index (κ1) is 17.3. The minimum atomic E-state index is -0.216. The summed E-state index contributed by atoms with van der Waals surface area (Å²) in [4.78, 5) is 16.5. The molecule has 0 bridgehead atoms. The quantitative estimate of drug-likeness (QED) is 0.611. The maximum absolute atomic E-state index is 11.6. The smallest absolute Gasteiger partial charge is 0.260 e. The van der Waals surface area contributed by atoms with Crippen LogP contribution in [-0.2, 0) is 16.1 Å². The maximum Gasteiger partial charge on any atom is 0.260 e. The van der Waals surface area contributed by atoms with Crippen molar-refractivity contribution < 1.29 is 9.63 Å². The predicted octanol–water partition coefficient (Wildman–Crippen LogP) is 3.70. The maximum atomic E-state index is 11.6. The number of carbonyl (C=O) groups excluding carboxylic acids is 1. The number of hydrogen-bond acceptors (Lipinski definition) is 3.